The topological polar surface area (TPSA) is 38.1 Å². The molecule has 0 radical (unpaired) electrons. The fraction of sp³-hybridized carbons (Fsp3) is 0.154. The van der Waals surface area contributed by atoms with Gasteiger partial charge in [0.1, 0.15) is 18.2 Å². The van der Waals surface area contributed by atoms with Crippen LogP contribution in [0.3, 0.4) is 0 Å². The van der Waals surface area contributed by atoms with Gasteiger partial charge >= 0.3 is 0 Å². The van der Waals surface area contributed by atoms with Crippen molar-refractivity contribution in [2.75, 3.05) is 6.54 Å². The molecule has 160 valence electrons. The Morgan fingerprint density at radius 3 is 2.16 bits per heavy atom. The average molecular weight is 429 g/mol. The molecule has 1 amide bonds. The zero-order valence-electron chi connectivity index (χ0n) is 17.3. The number of halogens is 2. The van der Waals surface area contributed by atoms with Gasteiger partial charge in [-0.1, -0.05) is 60.7 Å². The third-order valence-electron chi connectivity index (χ3n) is 5.85. The second kappa shape index (κ2) is 8.38. The van der Waals surface area contributed by atoms with Crippen LogP contribution in [0.25, 0.3) is 22.5 Å². The number of carbonyl (C=O) groups excluding carboxylic acids is 1. The largest absolute Gasteiger partial charge is 0.336 e. The number of carbonyl (C=O) groups is 1. The number of fused-ring (bicyclic) bond motifs is 1. The molecule has 1 aliphatic rings. The first-order valence-corrected chi connectivity index (χ1v) is 10.5. The Morgan fingerprint density at radius 2 is 1.47 bits per heavy atom. The van der Waals surface area contributed by atoms with Gasteiger partial charge in [-0.15, -0.1) is 0 Å². The highest BCUT2D eigenvalue weighted by Gasteiger charge is 2.26. The van der Waals surface area contributed by atoms with E-state index >= 15 is 0 Å². The molecule has 0 atom stereocenters. The third-order valence-corrected chi connectivity index (χ3v) is 5.85. The van der Waals surface area contributed by atoms with E-state index in [0.717, 1.165) is 34.6 Å². The van der Waals surface area contributed by atoms with Gasteiger partial charge < -0.3 is 4.90 Å². The molecule has 0 saturated heterocycles. The number of nitrogens with zero attached hydrogens (tertiary/aromatic N) is 3. The maximum Gasteiger partial charge on any atom is 0.244 e. The minimum absolute atomic E-state index is 0.0172. The average Bonchev–Trinajstić information content (AvgIpc) is 3.26. The van der Waals surface area contributed by atoms with Crippen LogP contribution in [-0.2, 0) is 24.3 Å². The predicted molar refractivity (Wildman–Crippen MR) is 119 cm³/mol. The summed E-state index contributed by atoms with van der Waals surface area (Å²) >= 11 is 0. The van der Waals surface area contributed by atoms with Crippen molar-refractivity contribution in [1.82, 2.24) is 14.7 Å². The molecule has 0 unspecified atom stereocenters. The standard InChI is InChI=1S/C26H21F2N3O/c27-22-11-12-23(28)21-16-30(14-13-20(21)22)26(32)17-31-25(19-9-5-2-6-10-19)15-24(29-31)18-7-3-1-4-8-18/h1-12,15H,13-14,16-17H2. The zero-order valence-corrected chi connectivity index (χ0v) is 17.3. The molecule has 4 aromatic rings. The number of hydrogen-bond donors (Lipinski definition) is 0. The molecule has 0 saturated carbocycles. The van der Waals surface area contributed by atoms with Gasteiger partial charge in [-0.3, -0.25) is 9.48 Å². The fourth-order valence-corrected chi connectivity index (χ4v) is 4.16. The molecule has 1 aliphatic heterocycles. The van der Waals surface area contributed by atoms with Gasteiger partial charge in [0.2, 0.25) is 5.91 Å². The van der Waals surface area contributed by atoms with Crippen molar-refractivity contribution in [2.45, 2.75) is 19.5 Å². The summed E-state index contributed by atoms with van der Waals surface area (Å²) < 4.78 is 30.0. The smallest absolute Gasteiger partial charge is 0.244 e. The monoisotopic (exact) mass is 429 g/mol. The third kappa shape index (κ3) is 3.80. The molecule has 0 N–H and O–H groups in total. The van der Waals surface area contributed by atoms with Crippen molar-refractivity contribution in [1.29, 1.82) is 0 Å². The van der Waals surface area contributed by atoms with E-state index in [1.807, 2.05) is 66.7 Å². The van der Waals surface area contributed by atoms with E-state index in [0.29, 0.717) is 18.5 Å². The van der Waals surface area contributed by atoms with E-state index < -0.39 is 11.6 Å². The number of benzene rings is 3. The van der Waals surface area contributed by atoms with Gasteiger partial charge in [0.25, 0.3) is 0 Å². The lowest BCUT2D eigenvalue weighted by atomic mass is 9.98. The summed E-state index contributed by atoms with van der Waals surface area (Å²) in [6.07, 6.45) is 0.296. The lowest BCUT2D eigenvalue weighted by molar-refractivity contribution is -0.133. The Balaban J connectivity index is 1.45. The summed E-state index contributed by atoms with van der Waals surface area (Å²) in [6.45, 7) is 0.425. The molecule has 5 rings (SSSR count). The number of aromatic nitrogens is 2. The van der Waals surface area contributed by atoms with Crippen molar-refractivity contribution in [3.05, 3.63) is 102 Å². The second-order valence-electron chi connectivity index (χ2n) is 7.86. The summed E-state index contributed by atoms with van der Waals surface area (Å²) in [4.78, 5) is 14.7. The number of rotatable bonds is 4. The van der Waals surface area contributed by atoms with E-state index in [4.69, 9.17) is 5.10 Å². The number of hydrogen-bond acceptors (Lipinski definition) is 2. The molecule has 3 aromatic carbocycles. The molecular weight excluding hydrogens is 408 g/mol. The fourth-order valence-electron chi connectivity index (χ4n) is 4.16. The van der Waals surface area contributed by atoms with Crippen molar-refractivity contribution in [3.63, 3.8) is 0 Å². The molecular formula is C26H21F2N3O. The van der Waals surface area contributed by atoms with E-state index in [1.54, 1.807) is 9.58 Å². The lowest BCUT2D eigenvalue weighted by Crippen LogP contribution is -2.39. The van der Waals surface area contributed by atoms with Gasteiger partial charge in [-0.2, -0.15) is 5.10 Å². The molecule has 4 nitrogen and oxygen atoms in total. The van der Waals surface area contributed by atoms with Gasteiger partial charge in [0.05, 0.1) is 11.4 Å². The Bertz CT molecular complexity index is 1270. The molecule has 0 bridgehead atoms. The van der Waals surface area contributed by atoms with Crippen LogP contribution in [0, 0.1) is 11.6 Å². The summed E-state index contributed by atoms with van der Waals surface area (Å²) in [7, 11) is 0. The van der Waals surface area contributed by atoms with Gasteiger partial charge in [-0.25, -0.2) is 8.78 Å². The molecule has 0 aliphatic carbocycles. The van der Waals surface area contributed by atoms with Gasteiger partial charge in [0, 0.05) is 24.2 Å². The minimum atomic E-state index is -0.477. The van der Waals surface area contributed by atoms with E-state index in [9.17, 15) is 13.6 Å². The Kier molecular flexibility index (Phi) is 5.27. The minimum Gasteiger partial charge on any atom is -0.336 e. The molecule has 0 spiro atoms. The van der Waals surface area contributed by atoms with Crippen LogP contribution in [0.5, 0.6) is 0 Å². The van der Waals surface area contributed by atoms with E-state index in [2.05, 4.69) is 0 Å². The first kappa shape index (κ1) is 20.1. The maximum absolute atomic E-state index is 14.3. The Hall–Kier alpha value is -3.80. The second-order valence-corrected chi connectivity index (χ2v) is 7.86. The summed E-state index contributed by atoms with van der Waals surface area (Å²) in [5.74, 6) is -1.08. The van der Waals surface area contributed by atoms with Crippen LogP contribution in [0.4, 0.5) is 8.78 Å². The van der Waals surface area contributed by atoms with Crippen LogP contribution in [-0.4, -0.2) is 27.1 Å². The number of amides is 1. The highest BCUT2D eigenvalue weighted by atomic mass is 19.1. The quantitative estimate of drug-likeness (QED) is 0.454. The van der Waals surface area contributed by atoms with E-state index in [1.165, 1.54) is 0 Å². The van der Waals surface area contributed by atoms with E-state index in [-0.39, 0.29) is 24.6 Å². The van der Waals surface area contributed by atoms with Crippen LogP contribution >= 0.6 is 0 Å². The summed E-state index contributed by atoms with van der Waals surface area (Å²) in [5, 5.41) is 4.70. The van der Waals surface area contributed by atoms with Crippen LogP contribution < -0.4 is 0 Å². The highest BCUT2D eigenvalue weighted by molar-refractivity contribution is 5.78. The Morgan fingerprint density at radius 1 is 0.844 bits per heavy atom. The van der Waals surface area contributed by atoms with Crippen LogP contribution in [0.1, 0.15) is 11.1 Å². The predicted octanol–water partition coefficient (Wildman–Crippen LogP) is 5.08. The first-order valence-electron chi connectivity index (χ1n) is 10.5. The normalized spacial score (nSPS) is 13.1. The van der Waals surface area contributed by atoms with Gasteiger partial charge in [0.15, 0.2) is 0 Å². The van der Waals surface area contributed by atoms with Crippen molar-refractivity contribution in [2.24, 2.45) is 0 Å². The van der Waals surface area contributed by atoms with Crippen molar-refractivity contribution < 1.29 is 13.6 Å². The van der Waals surface area contributed by atoms with Crippen molar-refractivity contribution >= 4 is 5.91 Å². The highest BCUT2D eigenvalue weighted by Crippen LogP contribution is 2.28. The maximum atomic E-state index is 14.3. The molecule has 6 heteroatoms. The van der Waals surface area contributed by atoms with Crippen molar-refractivity contribution in [3.8, 4) is 22.5 Å². The zero-order chi connectivity index (χ0) is 22.1. The van der Waals surface area contributed by atoms with Crippen LogP contribution in [0.15, 0.2) is 78.9 Å². The SMILES string of the molecule is O=C(Cn1nc(-c2ccccc2)cc1-c1ccccc1)N1CCc2c(F)ccc(F)c2C1. The lowest BCUT2D eigenvalue weighted by Gasteiger charge is -2.29. The van der Waals surface area contributed by atoms with Crippen LogP contribution in [0.2, 0.25) is 0 Å². The molecule has 0 fully saturated rings. The molecule has 2 heterocycles. The molecule has 32 heavy (non-hydrogen) atoms. The summed E-state index contributed by atoms with van der Waals surface area (Å²) in [5.41, 5.74) is 4.14. The molecule has 1 aromatic heterocycles. The van der Waals surface area contributed by atoms with Gasteiger partial charge in [-0.05, 0) is 35.7 Å². The summed E-state index contributed by atoms with van der Waals surface area (Å²) in [6, 6.07) is 23.8. The first-order chi connectivity index (χ1) is 15.6. The Labute approximate surface area is 184 Å².